The zero-order chi connectivity index (χ0) is 17.0. The summed E-state index contributed by atoms with van der Waals surface area (Å²) < 4.78 is 6.03. The molecule has 0 amide bonds. The van der Waals surface area contributed by atoms with Crippen molar-refractivity contribution in [2.75, 3.05) is 6.61 Å². The number of benzene rings is 1. The minimum Gasteiger partial charge on any atom is -0.494 e. The number of aliphatic hydroxyl groups excluding tert-OH is 1. The highest BCUT2D eigenvalue weighted by atomic mass is 16.5. The highest BCUT2D eigenvalue weighted by Crippen LogP contribution is 2.56. The molecule has 2 nitrogen and oxygen atoms in total. The van der Waals surface area contributed by atoms with Crippen LogP contribution in [0.3, 0.4) is 0 Å². The summed E-state index contributed by atoms with van der Waals surface area (Å²) in [7, 11) is 0. The van der Waals surface area contributed by atoms with Crippen LogP contribution < -0.4 is 4.74 Å². The van der Waals surface area contributed by atoms with E-state index in [9.17, 15) is 5.11 Å². The molecule has 23 heavy (non-hydrogen) atoms. The predicted molar refractivity (Wildman–Crippen MR) is 95.5 cm³/mol. The number of rotatable bonds is 4. The second-order valence-corrected chi connectivity index (χ2v) is 8.93. The van der Waals surface area contributed by atoms with Gasteiger partial charge in [-0.2, -0.15) is 0 Å². The molecule has 0 aromatic heterocycles. The lowest BCUT2D eigenvalue weighted by molar-refractivity contribution is 0.148. The summed E-state index contributed by atoms with van der Waals surface area (Å²) in [4.78, 5) is 0. The van der Waals surface area contributed by atoms with Crippen LogP contribution in [0.15, 0.2) is 12.1 Å². The highest BCUT2D eigenvalue weighted by molar-refractivity contribution is 5.54. The minimum atomic E-state index is -0.320. The van der Waals surface area contributed by atoms with Gasteiger partial charge in [0.15, 0.2) is 0 Å². The van der Waals surface area contributed by atoms with E-state index in [0.29, 0.717) is 6.61 Å². The van der Waals surface area contributed by atoms with Crippen LogP contribution in [0.1, 0.15) is 83.9 Å². The molecule has 0 bridgehead atoms. The third kappa shape index (κ3) is 2.59. The van der Waals surface area contributed by atoms with Crippen LogP contribution in [-0.2, 0) is 16.2 Å². The van der Waals surface area contributed by atoms with Crippen molar-refractivity contribution in [3.05, 3.63) is 28.8 Å². The van der Waals surface area contributed by atoms with Crippen molar-refractivity contribution in [3.63, 3.8) is 0 Å². The largest absolute Gasteiger partial charge is 0.494 e. The van der Waals surface area contributed by atoms with Crippen LogP contribution in [0.4, 0.5) is 0 Å². The summed E-state index contributed by atoms with van der Waals surface area (Å²) in [6, 6.07) is 4.67. The van der Waals surface area contributed by atoms with Crippen molar-refractivity contribution in [2.24, 2.45) is 0 Å². The van der Waals surface area contributed by atoms with E-state index in [2.05, 4.69) is 39.8 Å². The van der Waals surface area contributed by atoms with Crippen molar-refractivity contribution < 1.29 is 9.84 Å². The molecule has 0 heterocycles. The lowest BCUT2D eigenvalue weighted by Gasteiger charge is -2.43. The summed E-state index contributed by atoms with van der Waals surface area (Å²) in [5, 5.41) is 10.4. The highest BCUT2D eigenvalue weighted by Gasteiger charge is 2.51. The molecule has 0 saturated heterocycles. The standard InChI is InChI=1S/C21H32O2/c1-7-23-18-13-16-15(19(3,4)8-9-20(16,5)6)12-17(18)21(10-11-21)14(2)22/h12-14,22H,7-11H2,1-6H3. The maximum absolute atomic E-state index is 10.4. The van der Waals surface area contributed by atoms with Crippen molar-refractivity contribution in [1.29, 1.82) is 0 Å². The van der Waals surface area contributed by atoms with Crippen molar-refractivity contribution in [3.8, 4) is 5.75 Å². The number of aliphatic hydroxyl groups is 1. The van der Waals surface area contributed by atoms with Crippen molar-refractivity contribution >= 4 is 0 Å². The Kier molecular flexibility index (Phi) is 3.83. The maximum Gasteiger partial charge on any atom is 0.123 e. The lowest BCUT2D eigenvalue weighted by atomic mass is 9.62. The molecule has 2 aliphatic rings. The monoisotopic (exact) mass is 316 g/mol. The zero-order valence-corrected chi connectivity index (χ0v) is 15.6. The van der Waals surface area contributed by atoms with Crippen LogP contribution in [0, 0.1) is 0 Å². The molecule has 1 unspecified atom stereocenters. The number of ether oxygens (including phenoxy) is 1. The van der Waals surface area contributed by atoms with E-state index in [1.54, 1.807) is 0 Å². The van der Waals surface area contributed by atoms with Crippen LogP contribution in [0.2, 0.25) is 0 Å². The lowest BCUT2D eigenvalue weighted by Crippen LogP contribution is -2.35. The first-order valence-corrected chi connectivity index (χ1v) is 9.14. The van der Waals surface area contributed by atoms with Crippen LogP contribution in [0.25, 0.3) is 0 Å². The number of hydrogen-bond donors (Lipinski definition) is 1. The quantitative estimate of drug-likeness (QED) is 0.860. The van der Waals surface area contributed by atoms with Crippen molar-refractivity contribution in [1.82, 2.24) is 0 Å². The van der Waals surface area contributed by atoms with E-state index in [0.717, 1.165) is 18.6 Å². The van der Waals surface area contributed by atoms with Gasteiger partial charge in [-0.25, -0.2) is 0 Å². The molecule has 0 radical (unpaired) electrons. The molecule has 3 rings (SSSR count). The molecule has 1 N–H and O–H groups in total. The van der Waals surface area contributed by atoms with Gasteiger partial charge in [-0.05, 0) is 67.6 Å². The Morgan fingerprint density at radius 1 is 0.957 bits per heavy atom. The molecular weight excluding hydrogens is 284 g/mol. The maximum atomic E-state index is 10.4. The fourth-order valence-corrected chi connectivity index (χ4v) is 4.30. The van der Waals surface area contributed by atoms with Gasteiger partial charge in [-0.3, -0.25) is 0 Å². The summed E-state index contributed by atoms with van der Waals surface area (Å²) in [6.45, 7) is 14.0. The summed E-state index contributed by atoms with van der Waals surface area (Å²) in [5.74, 6) is 0.996. The van der Waals surface area contributed by atoms with Gasteiger partial charge >= 0.3 is 0 Å². The van der Waals surface area contributed by atoms with Gasteiger partial charge in [0, 0.05) is 11.0 Å². The summed E-state index contributed by atoms with van der Waals surface area (Å²) in [6.07, 6.45) is 4.22. The SMILES string of the molecule is CCOc1cc2c(cc1C1(C(C)O)CC1)C(C)(C)CCC2(C)C. The molecule has 2 heteroatoms. The van der Waals surface area contributed by atoms with Crippen LogP contribution >= 0.6 is 0 Å². The van der Waals surface area contributed by atoms with E-state index in [1.807, 2.05) is 13.8 Å². The number of hydrogen-bond acceptors (Lipinski definition) is 2. The third-order valence-electron chi connectivity index (χ3n) is 6.38. The Bertz CT molecular complexity index is 607. The van der Waals surface area contributed by atoms with Gasteiger partial charge in [-0.1, -0.05) is 33.8 Å². The topological polar surface area (TPSA) is 29.5 Å². The zero-order valence-electron chi connectivity index (χ0n) is 15.6. The second kappa shape index (κ2) is 5.24. The van der Waals surface area contributed by atoms with E-state index in [1.165, 1.54) is 29.5 Å². The van der Waals surface area contributed by atoms with E-state index < -0.39 is 0 Å². The molecule has 1 atom stereocenters. The van der Waals surface area contributed by atoms with E-state index in [4.69, 9.17) is 4.74 Å². The smallest absolute Gasteiger partial charge is 0.123 e. The summed E-state index contributed by atoms with van der Waals surface area (Å²) in [5.41, 5.74) is 4.42. The van der Waals surface area contributed by atoms with Gasteiger partial charge in [-0.15, -0.1) is 0 Å². The molecule has 2 aliphatic carbocycles. The second-order valence-electron chi connectivity index (χ2n) is 8.93. The van der Waals surface area contributed by atoms with Gasteiger partial charge in [0.1, 0.15) is 5.75 Å². The Hall–Kier alpha value is -1.02. The van der Waals surface area contributed by atoms with Crippen molar-refractivity contribution in [2.45, 2.75) is 89.6 Å². The van der Waals surface area contributed by atoms with Crippen LogP contribution in [-0.4, -0.2) is 17.8 Å². The first kappa shape index (κ1) is 16.8. The molecule has 1 saturated carbocycles. The number of fused-ring (bicyclic) bond motifs is 1. The normalized spacial score (nSPS) is 24.7. The Labute approximate surface area is 141 Å². The third-order valence-corrected chi connectivity index (χ3v) is 6.38. The van der Waals surface area contributed by atoms with E-state index in [-0.39, 0.29) is 22.3 Å². The molecule has 1 aromatic carbocycles. The molecule has 0 aliphatic heterocycles. The Morgan fingerprint density at radius 2 is 1.48 bits per heavy atom. The van der Waals surface area contributed by atoms with Gasteiger partial charge < -0.3 is 9.84 Å². The first-order chi connectivity index (χ1) is 10.6. The fraction of sp³-hybridized carbons (Fsp3) is 0.714. The molecular formula is C21H32O2. The van der Waals surface area contributed by atoms with Crippen LogP contribution in [0.5, 0.6) is 5.75 Å². The molecule has 1 aromatic rings. The Morgan fingerprint density at radius 3 is 1.91 bits per heavy atom. The van der Waals surface area contributed by atoms with Gasteiger partial charge in [0.25, 0.3) is 0 Å². The molecule has 0 spiro atoms. The average Bonchev–Trinajstić information content (AvgIpc) is 3.26. The average molecular weight is 316 g/mol. The first-order valence-electron chi connectivity index (χ1n) is 9.14. The fourth-order valence-electron chi connectivity index (χ4n) is 4.30. The molecule has 1 fully saturated rings. The van der Waals surface area contributed by atoms with E-state index >= 15 is 0 Å². The van der Waals surface area contributed by atoms with Gasteiger partial charge in [0.05, 0.1) is 12.7 Å². The summed E-state index contributed by atoms with van der Waals surface area (Å²) >= 11 is 0. The minimum absolute atomic E-state index is 0.0861. The predicted octanol–water partition coefficient (Wildman–Crippen LogP) is 4.85. The Balaban J connectivity index is 2.22. The molecule has 128 valence electrons. The van der Waals surface area contributed by atoms with Gasteiger partial charge in [0.2, 0.25) is 0 Å².